The highest BCUT2D eigenvalue weighted by Crippen LogP contribution is 2.30. The average Bonchev–Trinajstić information content (AvgIpc) is 2.71. The summed E-state index contributed by atoms with van der Waals surface area (Å²) >= 11 is 6.17. The zero-order valence-electron chi connectivity index (χ0n) is 11.5. The Balaban J connectivity index is 2.36. The van der Waals surface area contributed by atoms with E-state index in [2.05, 4.69) is 10.4 Å². The Kier molecular flexibility index (Phi) is 3.30. The minimum atomic E-state index is -0.831. The zero-order valence-corrected chi connectivity index (χ0v) is 12.2. The van der Waals surface area contributed by atoms with Crippen LogP contribution < -0.4 is 5.32 Å². The van der Waals surface area contributed by atoms with E-state index in [0.29, 0.717) is 11.6 Å². The highest BCUT2D eigenvalue weighted by atomic mass is 35.5. The molecule has 19 heavy (non-hydrogen) atoms. The Morgan fingerprint density at radius 2 is 2.05 bits per heavy atom. The number of hydrogen-bond acceptors (Lipinski definition) is 3. The highest BCUT2D eigenvalue weighted by Gasteiger charge is 2.48. The Labute approximate surface area is 116 Å². The molecule has 1 aromatic rings. The number of hydrogen-bond donors (Lipinski definition) is 1. The lowest BCUT2D eigenvalue weighted by molar-refractivity contribution is -0.126. The van der Waals surface area contributed by atoms with Gasteiger partial charge in [0.1, 0.15) is 10.7 Å². The second kappa shape index (κ2) is 4.52. The minimum absolute atomic E-state index is 0.266. The first kappa shape index (κ1) is 13.9. The highest BCUT2D eigenvalue weighted by molar-refractivity contribution is 6.30. The molecule has 0 aliphatic carbocycles. The van der Waals surface area contributed by atoms with Gasteiger partial charge in [-0.05, 0) is 20.3 Å². The van der Waals surface area contributed by atoms with Gasteiger partial charge < -0.3 is 4.90 Å². The summed E-state index contributed by atoms with van der Waals surface area (Å²) in [5, 5.41) is 7.05. The third-order valence-corrected chi connectivity index (χ3v) is 4.30. The molecule has 0 radical (unpaired) electrons. The van der Waals surface area contributed by atoms with Crippen molar-refractivity contribution >= 4 is 23.5 Å². The number of urea groups is 1. The normalized spacial score (nSPS) is 23.1. The standard InChI is InChI=1S/C12H17ClN4O2/c1-5-12(3)10(18)14-11(19)17(12)6-8-7(2)15-16(4)9(8)13/h5-6H2,1-4H3,(H,14,18,19). The Morgan fingerprint density at radius 1 is 1.42 bits per heavy atom. The number of rotatable bonds is 3. The van der Waals surface area contributed by atoms with Gasteiger partial charge in [0.2, 0.25) is 0 Å². The predicted molar refractivity (Wildman–Crippen MR) is 70.7 cm³/mol. The fraction of sp³-hybridized carbons (Fsp3) is 0.583. The van der Waals surface area contributed by atoms with E-state index in [1.165, 1.54) is 4.90 Å². The second-order valence-corrected chi connectivity index (χ2v) is 5.31. The SMILES string of the molecule is CCC1(C)C(=O)NC(=O)N1Cc1c(C)nn(C)c1Cl. The molecule has 1 unspecified atom stereocenters. The summed E-state index contributed by atoms with van der Waals surface area (Å²) in [5.74, 6) is -0.266. The first-order chi connectivity index (χ1) is 8.81. The summed E-state index contributed by atoms with van der Waals surface area (Å²) in [7, 11) is 1.74. The van der Waals surface area contributed by atoms with Crippen LogP contribution in [0.25, 0.3) is 0 Å². The van der Waals surface area contributed by atoms with Crippen molar-refractivity contribution in [3.8, 4) is 0 Å². The van der Waals surface area contributed by atoms with Crippen LogP contribution in [0.1, 0.15) is 31.5 Å². The van der Waals surface area contributed by atoms with Gasteiger partial charge in [0, 0.05) is 12.6 Å². The molecule has 1 saturated heterocycles. The molecule has 104 valence electrons. The van der Waals surface area contributed by atoms with Gasteiger partial charge in [0.15, 0.2) is 0 Å². The maximum absolute atomic E-state index is 11.9. The van der Waals surface area contributed by atoms with Crippen molar-refractivity contribution in [3.05, 3.63) is 16.4 Å². The second-order valence-electron chi connectivity index (χ2n) is 4.95. The van der Waals surface area contributed by atoms with Gasteiger partial charge in [-0.2, -0.15) is 5.10 Å². The molecular weight excluding hydrogens is 268 g/mol. The summed E-state index contributed by atoms with van der Waals surface area (Å²) in [4.78, 5) is 25.3. The lowest BCUT2D eigenvalue weighted by Gasteiger charge is -2.30. The van der Waals surface area contributed by atoms with Crippen LogP contribution in [0, 0.1) is 6.92 Å². The predicted octanol–water partition coefficient (Wildman–Crippen LogP) is 1.60. The van der Waals surface area contributed by atoms with Gasteiger partial charge in [-0.1, -0.05) is 18.5 Å². The molecular formula is C12H17ClN4O2. The summed E-state index contributed by atoms with van der Waals surface area (Å²) in [6, 6.07) is -0.381. The van der Waals surface area contributed by atoms with E-state index < -0.39 is 5.54 Å². The number of aromatic nitrogens is 2. The van der Waals surface area contributed by atoms with Gasteiger partial charge in [-0.3, -0.25) is 14.8 Å². The van der Waals surface area contributed by atoms with Gasteiger partial charge in [-0.15, -0.1) is 0 Å². The maximum Gasteiger partial charge on any atom is 0.325 e. The summed E-state index contributed by atoms with van der Waals surface area (Å²) in [6.07, 6.45) is 0.543. The van der Waals surface area contributed by atoms with Crippen molar-refractivity contribution in [2.75, 3.05) is 0 Å². The van der Waals surface area contributed by atoms with Crippen LogP contribution in [-0.2, 0) is 18.4 Å². The number of imide groups is 1. The van der Waals surface area contributed by atoms with E-state index >= 15 is 0 Å². The van der Waals surface area contributed by atoms with E-state index in [4.69, 9.17) is 11.6 Å². The van der Waals surface area contributed by atoms with Crippen LogP contribution in [0.2, 0.25) is 5.15 Å². The lowest BCUT2D eigenvalue weighted by Crippen LogP contribution is -2.46. The van der Waals surface area contributed by atoms with Crippen molar-refractivity contribution in [2.24, 2.45) is 7.05 Å². The molecule has 2 heterocycles. The largest absolute Gasteiger partial charge is 0.325 e. The quantitative estimate of drug-likeness (QED) is 0.858. The molecule has 1 fully saturated rings. The molecule has 2 rings (SSSR count). The molecule has 0 spiro atoms. The summed E-state index contributed by atoms with van der Waals surface area (Å²) < 4.78 is 1.56. The van der Waals surface area contributed by atoms with Crippen LogP contribution in [0.4, 0.5) is 4.79 Å². The fourth-order valence-corrected chi connectivity index (χ4v) is 2.49. The first-order valence-electron chi connectivity index (χ1n) is 6.12. The smallest absolute Gasteiger partial charge is 0.305 e. The third-order valence-electron chi connectivity index (χ3n) is 3.83. The number of halogens is 1. The number of carbonyl (C=O) groups excluding carboxylic acids is 2. The van der Waals surface area contributed by atoms with Crippen molar-refractivity contribution in [1.82, 2.24) is 20.0 Å². The van der Waals surface area contributed by atoms with Gasteiger partial charge >= 0.3 is 6.03 Å². The molecule has 1 aliphatic heterocycles. The molecule has 6 nitrogen and oxygen atoms in total. The number of nitrogens with zero attached hydrogens (tertiary/aromatic N) is 3. The van der Waals surface area contributed by atoms with E-state index in [1.54, 1.807) is 18.7 Å². The van der Waals surface area contributed by atoms with Crippen molar-refractivity contribution in [1.29, 1.82) is 0 Å². The molecule has 0 bridgehead atoms. The molecule has 1 aromatic heterocycles. The zero-order chi connectivity index (χ0) is 14.4. The van der Waals surface area contributed by atoms with Crippen LogP contribution in [-0.4, -0.2) is 32.2 Å². The van der Waals surface area contributed by atoms with E-state index in [1.807, 2.05) is 13.8 Å². The molecule has 1 N–H and O–H groups in total. The van der Waals surface area contributed by atoms with Crippen LogP contribution in [0.3, 0.4) is 0 Å². The monoisotopic (exact) mass is 284 g/mol. The number of nitrogens with one attached hydrogen (secondary N) is 1. The van der Waals surface area contributed by atoms with Crippen molar-refractivity contribution < 1.29 is 9.59 Å². The Bertz CT molecular complexity index is 554. The number of aryl methyl sites for hydroxylation is 2. The van der Waals surface area contributed by atoms with Crippen LogP contribution in [0.15, 0.2) is 0 Å². The van der Waals surface area contributed by atoms with Crippen molar-refractivity contribution in [3.63, 3.8) is 0 Å². The first-order valence-corrected chi connectivity index (χ1v) is 6.50. The maximum atomic E-state index is 11.9. The topological polar surface area (TPSA) is 67.2 Å². The Morgan fingerprint density at radius 3 is 2.53 bits per heavy atom. The number of amides is 3. The molecule has 7 heteroatoms. The van der Waals surface area contributed by atoms with E-state index in [0.717, 1.165) is 11.3 Å². The number of carbonyl (C=O) groups is 2. The molecule has 3 amide bonds. The molecule has 0 aromatic carbocycles. The van der Waals surface area contributed by atoms with Crippen molar-refractivity contribution in [2.45, 2.75) is 39.3 Å². The fourth-order valence-electron chi connectivity index (χ4n) is 2.26. The van der Waals surface area contributed by atoms with Gasteiger partial charge in [-0.25, -0.2) is 4.79 Å². The molecule has 1 atom stereocenters. The Hall–Kier alpha value is -1.56. The van der Waals surface area contributed by atoms with Gasteiger partial charge in [0.05, 0.1) is 12.2 Å². The minimum Gasteiger partial charge on any atom is -0.305 e. The summed E-state index contributed by atoms with van der Waals surface area (Å²) in [6.45, 7) is 5.75. The van der Waals surface area contributed by atoms with E-state index in [-0.39, 0.29) is 18.5 Å². The average molecular weight is 285 g/mol. The van der Waals surface area contributed by atoms with E-state index in [9.17, 15) is 9.59 Å². The van der Waals surface area contributed by atoms with Crippen LogP contribution >= 0.6 is 11.6 Å². The lowest BCUT2D eigenvalue weighted by atomic mass is 9.97. The summed E-state index contributed by atoms with van der Waals surface area (Å²) in [5.41, 5.74) is 0.703. The van der Waals surface area contributed by atoms with Gasteiger partial charge in [0.25, 0.3) is 5.91 Å². The van der Waals surface area contributed by atoms with Crippen LogP contribution in [0.5, 0.6) is 0 Å². The molecule has 1 aliphatic rings. The molecule has 0 saturated carbocycles. The third kappa shape index (κ3) is 2.00.